The second kappa shape index (κ2) is 8.76. The second-order valence-electron chi connectivity index (χ2n) is 7.27. The lowest BCUT2D eigenvalue weighted by molar-refractivity contribution is -0.114. The van der Waals surface area contributed by atoms with Gasteiger partial charge in [0.2, 0.25) is 0 Å². The molecule has 8 heteroatoms. The Morgan fingerprint density at radius 2 is 1.94 bits per heavy atom. The molecule has 3 aromatic rings. The molecular formula is C24H21ClN2O4S. The molecule has 0 saturated carbocycles. The number of rotatable bonds is 5. The summed E-state index contributed by atoms with van der Waals surface area (Å²) < 4.78 is 12.9. The van der Waals surface area contributed by atoms with E-state index in [1.807, 2.05) is 24.3 Å². The summed E-state index contributed by atoms with van der Waals surface area (Å²) in [6.07, 6.45) is 1.75. The molecule has 4 rings (SSSR count). The van der Waals surface area contributed by atoms with Crippen LogP contribution in [0.4, 0.5) is 0 Å². The number of fused-ring (bicyclic) bond motifs is 1. The van der Waals surface area contributed by atoms with Crippen LogP contribution in [0.3, 0.4) is 0 Å². The van der Waals surface area contributed by atoms with E-state index in [1.54, 1.807) is 50.0 Å². The minimum atomic E-state index is -0.669. The molecule has 0 radical (unpaired) electrons. The summed E-state index contributed by atoms with van der Waals surface area (Å²) in [6.45, 7) is 3.27. The minimum Gasteiger partial charge on any atom is -0.497 e. The normalized spacial score (nSPS) is 15.9. The Kier molecular flexibility index (Phi) is 6.04. The first-order chi connectivity index (χ1) is 15.3. The highest BCUT2D eigenvalue weighted by Crippen LogP contribution is 2.37. The average Bonchev–Trinajstić information content (AvgIpc) is 3.08. The molecular weight excluding hydrogens is 448 g/mol. The van der Waals surface area contributed by atoms with Gasteiger partial charge in [-0.15, -0.1) is 0 Å². The quantitative estimate of drug-likeness (QED) is 0.574. The van der Waals surface area contributed by atoms with Crippen molar-refractivity contribution in [2.75, 3.05) is 14.2 Å². The Labute approximate surface area is 193 Å². The number of hydrogen-bond donors (Lipinski definition) is 0. The first-order valence-corrected chi connectivity index (χ1v) is 11.0. The number of carbonyl (C=O) groups excluding carboxylic acids is 1. The topological polar surface area (TPSA) is 69.9 Å². The number of aromatic nitrogens is 1. The van der Waals surface area contributed by atoms with Crippen LogP contribution in [0.2, 0.25) is 5.02 Å². The van der Waals surface area contributed by atoms with Crippen LogP contribution >= 0.6 is 22.9 Å². The number of carbonyl (C=O) groups is 1. The maximum absolute atomic E-state index is 13.6. The van der Waals surface area contributed by atoms with Gasteiger partial charge in [0.05, 0.1) is 24.8 Å². The van der Waals surface area contributed by atoms with E-state index in [9.17, 15) is 9.59 Å². The van der Waals surface area contributed by atoms with Gasteiger partial charge < -0.3 is 9.47 Å². The van der Waals surface area contributed by atoms with Crippen molar-refractivity contribution in [2.45, 2.75) is 19.9 Å². The number of halogens is 1. The fourth-order valence-electron chi connectivity index (χ4n) is 3.84. The predicted octanol–water partition coefficient (Wildman–Crippen LogP) is 3.49. The molecule has 1 aliphatic rings. The summed E-state index contributed by atoms with van der Waals surface area (Å²) in [5.41, 5.74) is 2.19. The van der Waals surface area contributed by atoms with E-state index in [-0.39, 0.29) is 11.3 Å². The third-order valence-electron chi connectivity index (χ3n) is 5.33. The van der Waals surface area contributed by atoms with Crippen LogP contribution in [-0.2, 0) is 4.79 Å². The first-order valence-electron chi connectivity index (χ1n) is 9.85. The van der Waals surface area contributed by atoms with Crippen molar-refractivity contribution >= 4 is 34.8 Å². The number of ketones is 1. The predicted molar refractivity (Wildman–Crippen MR) is 125 cm³/mol. The summed E-state index contributed by atoms with van der Waals surface area (Å²) in [4.78, 5) is 31.3. The zero-order valence-electron chi connectivity index (χ0n) is 18.0. The van der Waals surface area contributed by atoms with Crippen molar-refractivity contribution in [3.05, 3.63) is 89.6 Å². The SMILES string of the molecule is COc1ccc([C@H]2C(C(C)=O)=C(C)N=c3s/c(=C\c4ccccc4Cl)c(=O)n32)c(OC)c1. The number of methoxy groups -OCH3 is 2. The molecule has 0 saturated heterocycles. The average molecular weight is 469 g/mol. The van der Waals surface area contributed by atoms with Crippen LogP contribution in [-0.4, -0.2) is 24.6 Å². The van der Waals surface area contributed by atoms with Crippen LogP contribution in [0.1, 0.15) is 31.0 Å². The third-order valence-corrected chi connectivity index (χ3v) is 6.66. The van der Waals surface area contributed by atoms with E-state index >= 15 is 0 Å². The van der Waals surface area contributed by atoms with Crippen molar-refractivity contribution in [3.63, 3.8) is 0 Å². The highest BCUT2D eigenvalue weighted by molar-refractivity contribution is 7.07. The summed E-state index contributed by atoms with van der Waals surface area (Å²) in [5.74, 6) is 0.972. The van der Waals surface area contributed by atoms with Crippen molar-refractivity contribution < 1.29 is 14.3 Å². The van der Waals surface area contributed by atoms with E-state index in [4.69, 9.17) is 21.1 Å². The molecule has 6 nitrogen and oxygen atoms in total. The Morgan fingerprint density at radius 1 is 1.19 bits per heavy atom. The molecule has 0 spiro atoms. The van der Waals surface area contributed by atoms with Crippen LogP contribution in [0.15, 0.2) is 63.5 Å². The highest BCUT2D eigenvalue weighted by Gasteiger charge is 2.32. The number of nitrogens with zero attached hydrogens (tertiary/aromatic N) is 2. The van der Waals surface area contributed by atoms with Crippen LogP contribution in [0, 0.1) is 0 Å². The number of allylic oxidation sites excluding steroid dienone is 2. The van der Waals surface area contributed by atoms with Gasteiger partial charge in [0.15, 0.2) is 10.6 Å². The largest absolute Gasteiger partial charge is 0.497 e. The van der Waals surface area contributed by atoms with Crippen LogP contribution < -0.4 is 24.4 Å². The number of hydrogen-bond acceptors (Lipinski definition) is 6. The molecule has 0 aliphatic carbocycles. The minimum absolute atomic E-state index is 0.158. The first kappa shape index (κ1) is 22.0. The second-order valence-corrected chi connectivity index (χ2v) is 8.68. The molecule has 1 aliphatic heterocycles. The fraction of sp³-hybridized carbons (Fsp3) is 0.208. The Hall–Kier alpha value is -3.16. The molecule has 0 amide bonds. The van der Waals surface area contributed by atoms with Gasteiger partial charge in [-0.1, -0.05) is 41.1 Å². The lowest BCUT2D eigenvalue weighted by atomic mass is 9.92. The van der Waals surface area contributed by atoms with Gasteiger partial charge in [-0.3, -0.25) is 14.2 Å². The molecule has 32 heavy (non-hydrogen) atoms. The number of Topliss-reactive ketones (excluding diaryl/α,β-unsaturated/α-hetero) is 1. The van der Waals surface area contributed by atoms with Crippen LogP contribution in [0.5, 0.6) is 11.5 Å². The van der Waals surface area contributed by atoms with Crippen molar-refractivity contribution in [2.24, 2.45) is 4.99 Å². The lowest BCUT2D eigenvalue weighted by Gasteiger charge is -2.26. The van der Waals surface area contributed by atoms with Gasteiger partial charge >= 0.3 is 0 Å². The van der Waals surface area contributed by atoms with Crippen molar-refractivity contribution in [1.29, 1.82) is 0 Å². The monoisotopic (exact) mass is 468 g/mol. The Morgan fingerprint density at radius 3 is 2.59 bits per heavy atom. The lowest BCUT2D eigenvalue weighted by Crippen LogP contribution is -2.39. The maximum Gasteiger partial charge on any atom is 0.271 e. The molecule has 1 aromatic heterocycles. The smallest absolute Gasteiger partial charge is 0.271 e. The number of ether oxygens (including phenoxy) is 2. The van der Waals surface area contributed by atoms with Gasteiger partial charge in [0.25, 0.3) is 5.56 Å². The van der Waals surface area contributed by atoms with Gasteiger partial charge in [0, 0.05) is 27.9 Å². The van der Waals surface area contributed by atoms with Crippen molar-refractivity contribution in [3.8, 4) is 11.5 Å². The Bertz CT molecular complexity index is 1430. The fourth-order valence-corrected chi connectivity index (χ4v) is 5.07. The summed E-state index contributed by atoms with van der Waals surface area (Å²) in [7, 11) is 3.11. The highest BCUT2D eigenvalue weighted by atomic mass is 35.5. The molecule has 0 unspecified atom stereocenters. The van der Waals surface area contributed by atoms with E-state index in [2.05, 4.69) is 4.99 Å². The third kappa shape index (κ3) is 3.78. The van der Waals surface area contributed by atoms with E-state index in [0.29, 0.717) is 42.7 Å². The molecule has 0 bridgehead atoms. The van der Waals surface area contributed by atoms with E-state index < -0.39 is 6.04 Å². The summed E-state index contributed by atoms with van der Waals surface area (Å²) in [5, 5.41) is 0.548. The zero-order chi connectivity index (χ0) is 23.0. The molecule has 164 valence electrons. The van der Waals surface area contributed by atoms with Gasteiger partial charge in [-0.2, -0.15) is 0 Å². The van der Waals surface area contributed by atoms with Crippen LogP contribution in [0.25, 0.3) is 6.08 Å². The van der Waals surface area contributed by atoms with Crippen molar-refractivity contribution in [1.82, 2.24) is 4.57 Å². The van der Waals surface area contributed by atoms with Gasteiger partial charge in [-0.25, -0.2) is 4.99 Å². The molecule has 2 aromatic carbocycles. The van der Waals surface area contributed by atoms with Gasteiger partial charge in [0.1, 0.15) is 11.5 Å². The zero-order valence-corrected chi connectivity index (χ0v) is 19.6. The van der Waals surface area contributed by atoms with Gasteiger partial charge in [-0.05, 0) is 43.7 Å². The molecule has 2 heterocycles. The Balaban J connectivity index is 2.02. The summed E-state index contributed by atoms with van der Waals surface area (Å²) >= 11 is 7.55. The molecule has 0 fully saturated rings. The summed E-state index contributed by atoms with van der Waals surface area (Å²) in [6, 6.07) is 12.0. The molecule has 0 N–H and O–H groups in total. The standard InChI is InChI=1S/C24H21ClN2O4S/c1-13-21(14(2)28)22(17-10-9-16(30-3)12-19(17)31-4)27-23(29)20(32-24(27)26-13)11-15-7-5-6-8-18(15)25/h5-12,22H,1-4H3/b20-11-/t22-/m0/s1. The number of thiazole rings is 1. The van der Waals surface area contributed by atoms with E-state index in [1.165, 1.54) is 18.3 Å². The maximum atomic E-state index is 13.6. The number of benzene rings is 2. The van der Waals surface area contributed by atoms with E-state index in [0.717, 1.165) is 5.56 Å². The molecule has 1 atom stereocenters.